The van der Waals surface area contributed by atoms with E-state index in [-0.39, 0.29) is 11.5 Å². The molecule has 0 bridgehead atoms. The zero-order chi connectivity index (χ0) is 19.2. The molecule has 0 aliphatic carbocycles. The van der Waals surface area contributed by atoms with Gasteiger partial charge in [0.2, 0.25) is 0 Å². The van der Waals surface area contributed by atoms with E-state index in [0.717, 1.165) is 12.8 Å². The van der Waals surface area contributed by atoms with E-state index in [2.05, 4.69) is 17.4 Å². The normalized spacial score (nSPS) is 12.6. The third-order valence-electron chi connectivity index (χ3n) is 4.57. The quantitative estimate of drug-likeness (QED) is 0.728. The van der Waals surface area contributed by atoms with Crippen LogP contribution in [0.4, 0.5) is 0 Å². The van der Waals surface area contributed by atoms with Gasteiger partial charge in [0.15, 0.2) is 0 Å². The highest BCUT2D eigenvalue weighted by atomic mass is 16.5. The Kier molecular flexibility index (Phi) is 5.98. The number of carbonyl (C=O) groups excluding carboxylic acids is 3. The number of hydrogen-bond acceptors (Lipinski definition) is 4. The van der Waals surface area contributed by atoms with Crippen molar-refractivity contribution in [2.75, 3.05) is 26.8 Å². The molecule has 2 aromatic carbocycles. The Bertz CT molecular complexity index is 849. The van der Waals surface area contributed by atoms with Crippen LogP contribution in [0.15, 0.2) is 48.5 Å². The topological polar surface area (TPSA) is 75.7 Å². The second-order valence-corrected chi connectivity index (χ2v) is 6.42. The van der Waals surface area contributed by atoms with Gasteiger partial charge in [-0.15, -0.1) is 0 Å². The maximum Gasteiger partial charge on any atom is 0.258 e. The lowest BCUT2D eigenvalue weighted by Crippen LogP contribution is -2.35. The summed E-state index contributed by atoms with van der Waals surface area (Å²) in [5.41, 5.74) is 2.18. The first-order chi connectivity index (χ1) is 13.1. The summed E-state index contributed by atoms with van der Waals surface area (Å²) in [7, 11) is 1.60. The van der Waals surface area contributed by atoms with E-state index in [1.807, 2.05) is 18.2 Å². The summed E-state index contributed by atoms with van der Waals surface area (Å²) in [6, 6.07) is 14.7. The van der Waals surface area contributed by atoms with Crippen LogP contribution in [0.3, 0.4) is 0 Å². The number of benzene rings is 2. The van der Waals surface area contributed by atoms with Crippen molar-refractivity contribution in [2.24, 2.45) is 0 Å². The van der Waals surface area contributed by atoms with Gasteiger partial charge in [0.25, 0.3) is 17.7 Å². The first kappa shape index (κ1) is 18.8. The number of imide groups is 1. The van der Waals surface area contributed by atoms with Gasteiger partial charge in [0.05, 0.1) is 17.7 Å². The number of rotatable bonds is 8. The minimum absolute atomic E-state index is 0.171. The summed E-state index contributed by atoms with van der Waals surface area (Å²) in [6.07, 6.45) is 1.70. The van der Waals surface area contributed by atoms with Crippen molar-refractivity contribution >= 4 is 17.7 Å². The summed E-state index contributed by atoms with van der Waals surface area (Å²) in [5, 5.41) is 2.24. The van der Waals surface area contributed by atoms with Crippen LogP contribution in [0.1, 0.15) is 43.1 Å². The highest BCUT2D eigenvalue weighted by molar-refractivity contribution is 6.22. The summed E-state index contributed by atoms with van der Waals surface area (Å²) in [6.45, 7) is 1.48. The lowest BCUT2D eigenvalue weighted by molar-refractivity contribution is 0.0693. The van der Waals surface area contributed by atoms with Crippen LogP contribution < -0.4 is 5.32 Å². The highest BCUT2D eigenvalue weighted by Crippen LogP contribution is 2.19. The van der Waals surface area contributed by atoms with Crippen LogP contribution in [-0.2, 0) is 11.2 Å². The number of ether oxygens (including phenoxy) is 1. The number of nitrogens with zero attached hydrogens (tertiary/aromatic N) is 1. The Balaban J connectivity index is 1.70. The van der Waals surface area contributed by atoms with Crippen molar-refractivity contribution in [3.8, 4) is 0 Å². The van der Waals surface area contributed by atoms with E-state index >= 15 is 0 Å². The molecule has 1 N–H and O–H groups in total. The van der Waals surface area contributed by atoms with Crippen LogP contribution >= 0.6 is 0 Å². The molecule has 6 heteroatoms. The standard InChI is InChI=1S/C21H22N2O4/c1-27-13-12-23(11-5-8-15-6-3-2-4-7-15)21(26)16-9-10-17-18(14-16)20(25)22-19(17)24/h2-4,6-7,9-10,14H,5,8,11-13H2,1H3,(H,22,24,25). The number of amides is 3. The number of nitrogens with one attached hydrogen (secondary N) is 1. The zero-order valence-corrected chi connectivity index (χ0v) is 15.2. The van der Waals surface area contributed by atoms with Crippen molar-refractivity contribution < 1.29 is 19.1 Å². The maximum atomic E-state index is 12.9. The van der Waals surface area contributed by atoms with Crippen molar-refractivity contribution in [1.29, 1.82) is 0 Å². The average molecular weight is 366 g/mol. The molecule has 0 spiro atoms. The third kappa shape index (κ3) is 4.41. The SMILES string of the molecule is COCCN(CCCc1ccccc1)C(=O)c1ccc2c(c1)C(=O)NC2=O. The molecule has 1 heterocycles. The van der Waals surface area contributed by atoms with Gasteiger partial charge in [-0.3, -0.25) is 19.7 Å². The highest BCUT2D eigenvalue weighted by Gasteiger charge is 2.28. The van der Waals surface area contributed by atoms with Gasteiger partial charge in [-0.2, -0.15) is 0 Å². The number of fused-ring (bicyclic) bond motifs is 1. The molecule has 2 aromatic rings. The lowest BCUT2D eigenvalue weighted by atomic mass is 10.0. The Morgan fingerprint density at radius 1 is 1.00 bits per heavy atom. The molecule has 0 aromatic heterocycles. The summed E-state index contributed by atoms with van der Waals surface area (Å²) < 4.78 is 5.13. The monoisotopic (exact) mass is 366 g/mol. The number of hydrogen-bond donors (Lipinski definition) is 1. The van der Waals surface area contributed by atoms with E-state index in [9.17, 15) is 14.4 Å². The Morgan fingerprint density at radius 3 is 2.48 bits per heavy atom. The van der Waals surface area contributed by atoms with Gasteiger partial charge in [-0.05, 0) is 36.6 Å². The van der Waals surface area contributed by atoms with E-state index in [4.69, 9.17) is 4.74 Å². The largest absolute Gasteiger partial charge is 0.383 e. The fourth-order valence-electron chi connectivity index (χ4n) is 3.12. The molecular weight excluding hydrogens is 344 g/mol. The van der Waals surface area contributed by atoms with Crippen LogP contribution in [0.25, 0.3) is 0 Å². The first-order valence-electron chi connectivity index (χ1n) is 8.92. The molecule has 0 fully saturated rings. The third-order valence-corrected chi connectivity index (χ3v) is 4.57. The van der Waals surface area contributed by atoms with Crippen LogP contribution in [0, 0.1) is 0 Å². The molecule has 0 unspecified atom stereocenters. The Hall–Kier alpha value is -2.99. The molecule has 140 valence electrons. The minimum atomic E-state index is -0.461. The van der Waals surface area contributed by atoms with E-state index in [1.54, 1.807) is 18.1 Å². The van der Waals surface area contributed by atoms with Crippen LogP contribution in [0.5, 0.6) is 0 Å². The molecule has 3 rings (SSSR count). The average Bonchev–Trinajstić information content (AvgIpc) is 2.98. The molecule has 0 atom stereocenters. The molecular formula is C21H22N2O4. The molecule has 0 radical (unpaired) electrons. The lowest BCUT2D eigenvalue weighted by Gasteiger charge is -2.22. The second kappa shape index (κ2) is 8.60. The molecule has 0 saturated heterocycles. The summed E-state index contributed by atoms with van der Waals surface area (Å²) >= 11 is 0. The van der Waals surface area contributed by atoms with Gasteiger partial charge in [-0.1, -0.05) is 30.3 Å². The van der Waals surface area contributed by atoms with E-state index in [0.29, 0.717) is 30.8 Å². The summed E-state index contributed by atoms with van der Waals surface area (Å²) in [5.74, 6) is -1.06. The van der Waals surface area contributed by atoms with Crippen molar-refractivity contribution in [3.63, 3.8) is 0 Å². The Labute approximate surface area is 158 Å². The first-order valence-corrected chi connectivity index (χ1v) is 8.92. The van der Waals surface area contributed by atoms with Crippen LogP contribution in [-0.4, -0.2) is 49.4 Å². The van der Waals surface area contributed by atoms with Gasteiger partial charge < -0.3 is 9.64 Å². The van der Waals surface area contributed by atoms with Crippen molar-refractivity contribution in [3.05, 3.63) is 70.8 Å². The summed E-state index contributed by atoms with van der Waals surface area (Å²) in [4.78, 5) is 38.2. The van der Waals surface area contributed by atoms with Gasteiger partial charge in [0.1, 0.15) is 0 Å². The van der Waals surface area contributed by atoms with Gasteiger partial charge in [-0.25, -0.2) is 0 Å². The molecule has 1 aliphatic heterocycles. The Morgan fingerprint density at radius 2 is 1.74 bits per heavy atom. The molecule has 1 aliphatic rings. The predicted octanol–water partition coefficient (Wildman–Crippen LogP) is 2.29. The zero-order valence-electron chi connectivity index (χ0n) is 15.2. The van der Waals surface area contributed by atoms with Crippen LogP contribution in [0.2, 0.25) is 0 Å². The number of aryl methyl sites for hydroxylation is 1. The molecule has 27 heavy (non-hydrogen) atoms. The van der Waals surface area contributed by atoms with Crippen molar-refractivity contribution in [2.45, 2.75) is 12.8 Å². The van der Waals surface area contributed by atoms with E-state index in [1.165, 1.54) is 17.7 Å². The fraction of sp³-hybridized carbons (Fsp3) is 0.286. The fourth-order valence-corrected chi connectivity index (χ4v) is 3.12. The second-order valence-electron chi connectivity index (χ2n) is 6.42. The van der Waals surface area contributed by atoms with E-state index < -0.39 is 11.8 Å². The van der Waals surface area contributed by atoms with Crippen molar-refractivity contribution in [1.82, 2.24) is 10.2 Å². The molecule has 6 nitrogen and oxygen atoms in total. The number of carbonyl (C=O) groups is 3. The van der Waals surface area contributed by atoms with Gasteiger partial charge in [0, 0.05) is 25.8 Å². The molecule has 0 saturated carbocycles. The smallest absolute Gasteiger partial charge is 0.258 e. The maximum absolute atomic E-state index is 12.9. The molecule has 3 amide bonds. The predicted molar refractivity (Wildman–Crippen MR) is 101 cm³/mol. The minimum Gasteiger partial charge on any atom is -0.383 e. The number of methoxy groups -OCH3 is 1. The van der Waals surface area contributed by atoms with Gasteiger partial charge >= 0.3 is 0 Å².